The molecule has 3 rings (SSSR count). The Kier molecular flexibility index (Phi) is 5.15. The molecule has 0 aliphatic rings. The summed E-state index contributed by atoms with van der Waals surface area (Å²) in [5.41, 5.74) is 1.22. The van der Waals surface area contributed by atoms with Crippen LogP contribution in [-0.4, -0.2) is 34.1 Å². The van der Waals surface area contributed by atoms with Crippen LogP contribution in [0, 0.1) is 5.82 Å². The van der Waals surface area contributed by atoms with Crippen molar-refractivity contribution in [2.75, 3.05) is 12.3 Å². The Bertz CT molecular complexity index is 1180. The molecule has 27 heavy (non-hydrogen) atoms. The molecular formula is C17H13F2NO4S3. The third-order valence-corrected chi connectivity index (χ3v) is 7.63. The molecule has 2 aromatic carbocycles. The number of hydrogen-bond donors (Lipinski definition) is 0. The molecule has 0 spiro atoms. The molecule has 0 bridgehead atoms. The highest BCUT2D eigenvalue weighted by molar-refractivity contribution is 7.93. The lowest BCUT2D eigenvalue weighted by Gasteiger charge is -2.04. The maximum Gasteiger partial charge on any atom is 0.234 e. The van der Waals surface area contributed by atoms with Gasteiger partial charge in [0, 0.05) is 11.8 Å². The first-order valence-corrected chi connectivity index (χ1v) is 11.8. The molecule has 0 amide bonds. The SMILES string of the molecule is CS(=O)(=O)c1ccc(-c2nc(S(=O)(=O)CF)sc2-c2ccc(F)cc2)cc1. The summed E-state index contributed by atoms with van der Waals surface area (Å²) < 4.78 is 72.7. The Morgan fingerprint density at radius 1 is 0.926 bits per heavy atom. The number of alkyl halides is 1. The molecule has 0 aliphatic heterocycles. The Hall–Kier alpha value is -2.17. The molecule has 0 fully saturated rings. The molecule has 0 saturated heterocycles. The summed E-state index contributed by atoms with van der Waals surface area (Å²) in [5.74, 6) is -0.459. The highest BCUT2D eigenvalue weighted by atomic mass is 32.2. The summed E-state index contributed by atoms with van der Waals surface area (Å²) in [6.07, 6.45) is 1.07. The van der Waals surface area contributed by atoms with Gasteiger partial charge in [0.05, 0.1) is 15.5 Å². The van der Waals surface area contributed by atoms with Gasteiger partial charge < -0.3 is 0 Å². The van der Waals surface area contributed by atoms with Crippen molar-refractivity contribution in [1.29, 1.82) is 0 Å². The summed E-state index contributed by atoms with van der Waals surface area (Å²) in [7, 11) is -7.58. The standard InChI is InChI=1S/C17H13F2NO4S3/c1-26(21,22)14-8-4-11(5-9-14)15-16(12-2-6-13(19)7-3-12)25-17(20-15)27(23,24)10-18/h2-9H,10H2,1H3. The first-order chi connectivity index (χ1) is 12.6. The third kappa shape index (κ3) is 4.07. The van der Waals surface area contributed by atoms with E-state index in [4.69, 9.17) is 0 Å². The van der Waals surface area contributed by atoms with Crippen molar-refractivity contribution < 1.29 is 25.6 Å². The monoisotopic (exact) mass is 429 g/mol. The third-order valence-electron chi connectivity index (χ3n) is 3.68. The smallest absolute Gasteiger partial charge is 0.233 e. The zero-order valence-corrected chi connectivity index (χ0v) is 16.3. The van der Waals surface area contributed by atoms with E-state index in [0.717, 1.165) is 17.6 Å². The minimum atomic E-state index is -4.18. The van der Waals surface area contributed by atoms with E-state index in [1.807, 2.05) is 0 Å². The fourth-order valence-corrected chi connectivity index (χ4v) is 5.00. The quantitative estimate of drug-likeness (QED) is 0.617. The van der Waals surface area contributed by atoms with Crippen molar-refractivity contribution in [1.82, 2.24) is 4.98 Å². The molecule has 0 unspecified atom stereocenters. The van der Waals surface area contributed by atoms with Crippen LogP contribution in [-0.2, 0) is 19.7 Å². The van der Waals surface area contributed by atoms with E-state index in [-0.39, 0.29) is 10.6 Å². The van der Waals surface area contributed by atoms with E-state index in [9.17, 15) is 25.6 Å². The van der Waals surface area contributed by atoms with Crippen LogP contribution in [0.3, 0.4) is 0 Å². The average Bonchev–Trinajstić information content (AvgIpc) is 3.08. The predicted molar refractivity (Wildman–Crippen MR) is 99.2 cm³/mol. The number of hydrogen-bond acceptors (Lipinski definition) is 6. The average molecular weight is 429 g/mol. The van der Waals surface area contributed by atoms with Crippen molar-refractivity contribution in [2.45, 2.75) is 9.24 Å². The van der Waals surface area contributed by atoms with Crippen LogP contribution in [0.15, 0.2) is 57.8 Å². The second-order valence-corrected chi connectivity index (χ2v) is 10.8. The molecule has 0 aliphatic carbocycles. The topological polar surface area (TPSA) is 81.2 Å². The summed E-state index contributed by atoms with van der Waals surface area (Å²) in [5, 5.41) is 0. The van der Waals surface area contributed by atoms with Crippen LogP contribution in [0.5, 0.6) is 0 Å². The molecule has 10 heteroatoms. The summed E-state index contributed by atoms with van der Waals surface area (Å²) in [6, 6.07) is 9.50. The second-order valence-electron chi connectivity index (χ2n) is 5.68. The minimum absolute atomic E-state index is 0.0985. The highest BCUT2D eigenvalue weighted by Gasteiger charge is 2.24. The van der Waals surface area contributed by atoms with E-state index in [2.05, 4.69) is 4.98 Å². The van der Waals surface area contributed by atoms with Gasteiger partial charge in [-0.1, -0.05) is 24.3 Å². The van der Waals surface area contributed by atoms with E-state index in [1.165, 1.54) is 48.5 Å². The lowest BCUT2D eigenvalue weighted by Crippen LogP contribution is -2.01. The van der Waals surface area contributed by atoms with Crippen LogP contribution < -0.4 is 0 Å². The van der Waals surface area contributed by atoms with Crippen LogP contribution in [0.4, 0.5) is 8.78 Å². The van der Waals surface area contributed by atoms with Gasteiger partial charge in [0.2, 0.25) is 14.2 Å². The molecule has 0 atom stereocenters. The lowest BCUT2D eigenvalue weighted by molar-refractivity contribution is 0.534. The lowest BCUT2D eigenvalue weighted by atomic mass is 10.1. The number of aromatic nitrogens is 1. The van der Waals surface area contributed by atoms with Gasteiger partial charge in [-0.05, 0) is 29.8 Å². The van der Waals surface area contributed by atoms with E-state index < -0.39 is 35.8 Å². The fraction of sp³-hybridized carbons (Fsp3) is 0.118. The van der Waals surface area contributed by atoms with Gasteiger partial charge in [0.25, 0.3) is 0 Å². The largest absolute Gasteiger partial charge is 0.234 e. The molecule has 3 aromatic rings. The highest BCUT2D eigenvalue weighted by Crippen LogP contribution is 2.39. The molecule has 1 aromatic heterocycles. The molecule has 0 saturated carbocycles. The van der Waals surface area contributed by atoms with Gasteiger partial charge in [-0.2, -0.15) is 0 Å². The van der Waals surface area contributed by atoms with Gasteiger partial charge in [-0.15, -0.1) is 11.3 Å². The Morgan fingerprint density at radius 2 is 1.48 bits per heavy atom. The van der Waals surface area contributed by atoms with Crippen molar-refractivity contribution in [2.24, 2.45) is 0 Å². The first kappa shape index (κ1) is 19.6. The number of thiazole rings is 1. The molecule has 142 valence electrons. The summed E-state index contributed by atoms with van der Waals surface area (Å²) >= 11 is 0.775. The van der Waals surface area contributed by atoms with Gasteiger partial charge in [0.15, 0.2) is 15.8 Å². The number of sulfone groups is 2. The number of rotatable bonds is 5. The number of halogens is 2. The predicted octanol–water partition coefficient (Wildman–Crippen LogP) is 3.72. The van der Waals surface area contributed by atoms with Crippen molar-refractivity contribution in [3.8, 4) is 21.7 Å². The zero-order valence-electron chi connectivity index (χ0n) is 13.9. The van der Waals surface area contributed by atoms with Gasteiger partial charge >= 0.3 is 0 Å². The van der Waals surface area contributed by atoms with Crippen LogP contribution in [0.1, 0.15) is 0 Å². The molecule has 5 nitrogen and oxygen atoms in total. The fourth-order valence-electron chi connectivity index (χ4n) is 2.33. The van der Waals surface area contributed by atoms with Crippen LogP contribution in [0.25, 0.3) is 21.7 Å². The number of nitrogens with zero attached hydrogens (tertiary/aromatic N) is 1. The first-order valence-electron chi connectivity index (χ1n) is 7.48. The minimum Gasteiger partial charge on any atom is -0.233 e. The normalized spacial score (nSPS) is 12.3. The van der Waals surface area contributed by atoms with Gasteiger partial charge in [-0.3, -0.25) is 0 Å². The number of benzene rings is 2. The summed E-state index contributed by atoms with van der Waals surface area (Å²) in [4.78, 5) is 4.57. The van der Waals surface area contributed by atoms with Gasteiger partial charge in [-0.25, -0.2) is 30.6 Å². The van der Waals surface area contributed by atoms with E-state index in [1.54, 1.807) is 0 Å². The Morgan fingerprint density at radius 3 is 2.00 bits per heavy atom. The van der Waals surface area contributed by atoms with Crippen LogP contribution >= 0.6 is 11.3 Å². The zero-order chi connectivity index (χ0) is 19.8. The Labute approximate surface area is 159 Å². The molecular weight excluding hydrogens is 416 g/mol. The molecule has 0 radical (unpaired) electrons. The van der Waals surface area contributed by atoms with E-state index in [0.29, 0.717) is 16.0 Å². The van der Waals surface area contributed by atoms with Crippen LogP contribution in [0.2, 0.25) is 0 Å². The second kappa shape index (κ2) is 7.10. The molecule has 0 N–H and O–H groups in total. The molecule has 1 heterocycles. The van der Waals surface area contributed by atoms with Crippen molar-refractivity contribution in [3.05, 3.63) is 54.3 Å². The van der Waals surface area contributed by atoms with Crippen molar-refractivity contribution >= 4 is 31.0 Å². The Balaban J connectivity index is 2.20. The van der Waals surface area contributed by atoms with E-state index >= 15 is 0 Å². The van der Waals surface area contributed by atoms with Gasteiger partial charge in [0.1, 0.15) is 5.82 Å². The van der Waals surface area contributed by atoms with Crippen molar-refractivity contribution in [3.63, 3.8) is 0 Å². The maximum atomic E-state index is 13.2. The maximum absolute atomic E-state index is 13.2. The summed E-state index contributed by atoms with van der Waals surface area (Å²) in [6.45, 7) is 0.